The van der Waals surface area contributed by atoms with Crippen molar-refractivity contribution < 1.29 is 8.83 Å². The van der Waals surface area contributed by atoms with Crippen LogP contribution in [0.3, 0.4) is 0 Å². The van der Waals surface area contributed by atoms with Gasteiger partial charge in [-0.15, -0.1) is 0 Å². The lowest BCUT2D eigenvalue weighted by molar-refractivity contribution is 0.354. The van der Waals surface area contributed by atoms with E-state index in [2.05, 4.69) is 30.7 Å². The molecule has 0 saturated carbocycles. The molecule has 2 rings (SSSR count). The molecule has 2 heterocycles. The molecule has 0 aliphatic heterocycles. The van der Waals surface area contributed by atoms with Crippen LogP contribution in [0.1, 0.15) is 43.9 Å². The van der Waals surface area contributed by atoms with Crippen LogP contribution in [0.25, 0.3) is 0 Å². The quantitative estimate of drug-likeness (QED) is 0.789. The van der Waals surface area contributed by atoms with Crippen LogP contribution >= 0.6 is 11.8 Å². The summed E-state index contributed by atoms with van der Waals surface area (Å²) >= 11 is 1.50. The topological polar surface area (TPSA) is 52.1 Å². The van der Waals surface area contributed by atoms with Crippen molar-refractivity contribution in [1.29, 1.82) is 0 Å². The second-order valence-electron chi connectivity index (χ2n) is 5.28. The molecule has 0 aliphatic rings. The molecule has 0 N–H and O–H groups in total. The lowest BCUT2D eigenvalue weighted by Crippen LogP contribution is -2.09. The van der Waals surface area contributed by atoms with Gasteiger partial charge >= 0.3 is 0 Å². The molecule has 0 spiro atoms. The van der Waals surface area contributed by atoms with Gasteiger partial charge in [0.2, 0.25) is 5.89 Å². The van der Waals surface area contributed by atoms with Gasteiger partial charge in [-0.05, 0) is 13.8 Å². The molecule has 0 aliphatic carbocycles. The van der Waals surface area contributed by atoms with Crippen molar-refractivity contribution in [2.45, 2.75) is 51.0 Å². The van der Waals surface area contributed by atoms with Crippen molar-refractivity contribution in [2.24, 2.45) is 0 Å². The molecule has 0 radical (unpaired) electrons. The largest absolute Gasteiger partial charge is 0.445 e. The van der Waals surface area contributed by atoms with Crippen molar-refractivity contribution >= 4 is 11.8 Å². The highest BCUT2D eigenvalue weighted by molar-refractivity contribution is 7.98. The molecule has 98 valence electrons. The molecule has 2 aromatic rings. The van der Waals surface area contributed by atoms with Crippen LogP contribution in [0.2, 0.25) is 0 Å². The average Bonchev–Trinajstić information content (AvgIpc) is 2.83. The lowest BCUT2D eigenvalue weighted by Gasteiger charge is -2.12. The Labute approximate surface area is 111 Å². The van der Waals surface area contributed by atoms with E-state index in [0.29, 0.717) is 16.9 Å². The Kier molecular flexibility index (Phi) is 3.52. The van der Waals surface area contributed by atoms with E-state index >= 15 is 0 Å². The third-order valence-electron chi connectivity index (χ3n) is 2.62. The third kappa shape index (κ3) is 2.96. The first kappa shape index (κ1) is 13.2. The maximum Gasteiger partial charge on any atom is 0.256 e. The Morgan fingerprint density at radius 2 is 1.94 bits per heavy atom. The first-order valence-electron chi connectivity index (χ1n) is 5.88. The zero-order valence-electron chi connectivity index (χ0n) is 11.4. The number of aryl methyl sites for hydroxylation is 2. The molecular formula is C13H18N2O2S. The molecule has 5 heteroatoms. The normalized spacial score (nSPS) is 12.1. The summed E-state index contributed by atoms with van der Waals surface area (Å²) in [6, 6.07) is 0. The summed E-state index contributed by atoms with van der Waals surface area (Å²) in [5.41, 5.74) is 0.926. The van der Waals surface area contributed by atoms with Crippen molar-refractivity contribution in [1.82, 2.24) is 9.97 Å². The highest BCUT2D eigenvalue weighted by Gasteiger charge is 2.19. The summed E-state index contributed by atoms with van der Waals surface area (Å²) in [7, 11) is 0. The first-order valence-corrected chi connectivity index (χ1v) is 6.87. The predicted octanol–water partition coefficient (Wildman–Crippen LogP) is 3.87. The minimum atomic E-state index is -0.0120. The summed E-state index contributed by atoms with van der Waals surface area (Å²) in [4.78, 5) is 8.58. The number of aromatic nitrogens is 2. The minimum Gasteiger partial charge on any atom is -0.445 e. The molecule has 0 atom stereocenters. The number of hydrogen-bond acceptors (Lipinski definition) is 5. The highest BCUT2D eigenvalue weighted by Crippen LogP contribution is 2.28. The van der Waals surface area contributed by atoms with Gasteiger partial charge in [-0.2, -0.15) is 0 Å². The lowest BCUT2D eigenvalue weighted by atomic mass is 9.94. The summed E-state index contributed by atoms with van der Waals surface area (Å²) < 4.78 is 11.2. The van der Waals surface area contributed by atoms with E-state index in [-0.39, 0.29) is 5.41 Å². The Bertz CT molecular complexity index is 518. The minimum absolute atomic E-state index is 0.0120. The first-order chi connectivity index (χ1) is 8.36. The summed E-state index contributed by atoms with van der Waals surface area (Å²) in [5.74, 6) is 3.11. The summed E-state index contributed by atoms with van der Waals surface area (Å²) in [6.07, 6.45) is 1.79. The Balaban J connectivity index is 2.00. The molecule has 18 heavy (non-hydrogen) atoms. The maximum absolute atomic E-state index is 5.69. The van der Waals surface area contributed by atoms with Gasteiger partial charge in [0.15, 0.2) is 0 Å². The van der Waals surface area contributed by atoms with E-state index in [0.717, 1.165) is 17.2 Å². The number of rotatable bonds is 3. The number of nitrogens with zero attached hydrogens (tertiary/aromatic N) is 2. The fourth-order valence-electron chi connectivity index (χ4n) is 1.40. The summed E-state index contributed by atoms with van der Waals surface area (Å²) in [6.45, 7) is 10.2. The fourth-order valence-corrected chi connectivity index (χ4v) is 2.04. The van der Waals surface area contributed by atoms with Crippen LogP contribution in [0, 0.1) is 13.8 Å². The van der Waals surface area contributed by atoms with E-state index < -0.39 is 0 Å². The zero-order chi connectivity index (χ0) is 13.3. The van der Waals surface area contributed by atoms with Gasteiger partial charge < -0.3 is 8.83 Å². The van der Waals surface area contributed by atoms with Crippen molar-refractivity contribution in [3.63, 3.8) is 0 Å². The van der Waals surface area contributed by atoms with Gasteiger partial charge in [0, 0.05) is 5.41 Å². The van der Waals surface area contributed by atoms with Crippen LogP contribution in [0.4, 0.5) is 0 Å². The van der Waals surface area contributed by atoms with E-state index in [4.69, 9.17) is 8.83 Å². The van der Waals surface area contributed by atoms with E-state index in [9.17, 15) is 0 Å². The smallest absolute Gasteiger partial charge is 0.256 e. The second-order valence-corrected chi connectivity index (χ2v) is 6.20. The van der Waals surface area contributed by atoms with Gasteiger partial charge in [0.05, 0.1) is 17.6 Å². The van der Waals surface area contributed by atoms with Crippen molar-refractivity contribution in [3.05, 3.63) is 29.3 Å². The van der Waals surface area contributed by atoms with Crippen LogP contribution in [-0.4, -0.2) is 9.97 Å². The third-order valence-corrected chi connectivity index (χ3v) is 3.44. The van der Waals surface area contributed by atoms with Crippen molar-refractivity contribution in [3.8, 4) is 0 Å². The van der Waals surface area contributed by atoms with Crippen LogP contribution in [-0.2, 0) is 11.2 Å². The monoisotopic (exact) mass is 266 g/mol. The highest BCUT2D eigenvalue weighted by atomic mass is 32.2. The zero-order valence-corrected chi connectivity index (χ0v) is 12.2. The van der Waals surface area contributed by atoms with Crippen molar-refractivity contribution in [2.75, 3.05) is 0 Å². The Hall–Kier alpha value is -1.23. The standard InChI is InChI=1S/C13H18N2O2S/c1-8-9(2)16-11(15-8)7-18-12-14-6-10(17-12)13(3,4)5/h6H,7H2,1-5H3. The van der Waals surface area contributed by atoms with Crippen LogP contribution < -0.4 is 0 Å². The number of thioether (sulfide) groups is 1. The molecule has 0 fully saturated rings. The van der Waals surface area contributed by atoms with Gasteiger partial charge in [-0.1, -0.05) is 32.5 Å². The Morgan fingerprint density at radius 3 is 2.44 bits per heavy atom. The van der Waals surface area contributed by atoms with Gasteiger partial charge in [0.1, 0.15) is 11.5 Å². The second kappa shape index (κ2) is 4.80. The molecule has 2 aromatic heterocycles. The van der Waals surface area contributed by atoms with E-state index in [1.54, 1.807) is 6.20 Å². The average molecular weight is 266 g/mol. The molecule has 0 amide bonds. The van der Waals surface area contributed by atoms with E-state index in [1.807, 2.05) is 13.8 Å². The van der Waals surface area contributed by atoms with Crippen LogP contribution in [0.5, 0.6) is 0 Å². The number of hydrogen-bond donors (Lipinski definition) is 0. The SMILES string of the molecule is Cc1nc(CSc2ncc(C(C)(C)C)o2)oc1C. The number of oxazole rings is 2. The van der Waals surface area contributed by atoms with E-state index in [1.165, 1.54) is 11.8 Å². The molecule has 0 unspecified atom stereocenters. The molecule has 0 saturated heterocycles. The Morgan fingerprint density at radius 1 is 1.22 bits per heavy atom. The molecule has 0 aromatic carbocycles. The van der Waals surface area contributed by atoms with Gasteiger partial charge in [0.25, 0.3) is 5.22 Å². The molecule has 4 nitrogen and oxygen atoms in total. The van der Waals surface area contributed by atoms with Gasteiger partial charge in [-0.25, -0.2) is 9.97 Å². The fraction of sp³-hybridized carbons (Fsp3) is 0.538. The molecular weight excluding hydrogens is 248 g/mol. The summed E-state index contributed by atoms with van der Waals surface area (Å²) in [5, 5.41) is 0.661. The predicted molar refractivity (Wildman–Crippen MR) is 70.7 cm³/mol. The van der Waals surface area contributed by atoms with Crippen LogP contribution in [0.15, 0.2) is 20.3 Å². The van der Waals surface area contributed by atoms with Gasteiger partial charge in [-0.3, -0.25) is 0 Å². The maximum atomic E-state index is 5.69. The molecule has 0 bridgehead atoms.